The lowest BCUT2D eigenvalue weighted by atomic mass is 9.84. The van der Waals surface area contributed by atoms with Crippen LogP contribution in [0.25, 0.3) is 0 Å². The van der Waals surface area contributed by atoms with Crippen LogP contribution in [-0.4, -0.2) is 110 Å². The van der Waals surface area contributed by atoms with Crippen molar-refractivity contribution in [1.29, 1.82) is 0 Å². The van der Waals surface area contributed by atoms with Crippen LogP contribution < -0.4 is 18.9 Å². The third-order valence-electron chi connectivity index (χ3n) is 8.19. The molecule has 0 unspecified atom stereocenters. The van der Waals surface area contributed by atoms with Gasteiger partial charge in [-0.25, -0.2) is 0 Å². The number of likely N-dealkylation sites (tertiary alicyclic amines) is 1. The van der Waals surface area contributed by atoms with Crippen LogP contribution in [0.1, 0.15) is 43.2 Å². The van der Waals surface area contributed by atoms with Crippen LogP contribution in [0.3, 0.4) is 0 Å². The highest BCUT2D eigenvalue weighted by atomic mass is 16.7. The molecule has 1 saturated heterocycles. The Kier molecular flexibility index (Phi) is 11.5. The van der Waals surface area contributed by atoms with Gasteiger partial charge in [-0.1, -0.05) is 25.5 Å². The molecule has 11 heteroatoms. The molecule has 1 amide bonds. The van der Waals surface area contributed by atoms with Gasteiger partial charge in [-0.15, -0.1) is 0 Å². The van der Waals surface area contributed by atoms with Gasteiger partial charge in [-0.3, -0.25) is 14.5 Å². The quantitative estimate of drug-likeness (QED) is 0.298. The first-order valence-electron chi connectivity index (χ1n) is 15.0. The number of nitrogens with zero attached hydrogens (tertiary/aromatic N) is 3. The van der Waals surface area contributed by atoms with Crippen molar-refractivity contribution in [2.45, 2.75) is 44.8 Å². The Bertz CT molecular complexity index is 1240. The van der Waals surface area contributed by atoms with Crippen LogP contribution >= 0.6 is 0 Å². The Hall–Kier alpha value is -3.54. The summed E-state index contributed by atoms with van der Waals surface area (Å²) >= 11 is 0. The fourth-order valence-electron chi connectivity index (χ4n) is 5.95. The second-order valence-corrected chi connectivity index (χ2v) is 11.4. The van der Waals surface area contributed by atoms with Crippen molar-refractivity contribution in [1.82, 2.24) is 14.7 Å². The van der Waals surface area contributed by atoms with E-state index in [4.69, 9.17) is 18.9 Å². The molecule has 2 heterocycles. The van der Waals surface area contributed by atoms with Gasteiger partial charge in [0.25, 0.3) is 0 Å². The van der Waals surface area contributed by atoms with Crippen molar-refractivity contribution < 1.29 is 38.7 Å². The summed E-state index contributed by atoms with van der Waals surface area (Å²) in [6, 6.07) is 10.2. The Labute approximate surface area is 253 Å². The number of unbranched alkanes of at least 4 members (excludes halogenated alkanes) is 1. The summed E-state index contributed by atoms with van der Waals surface area (Å²) < 4.78 is 22.8. The smallest absolute Gasteiger partial charge is 0.308 e. The molecule has 0 aliphatic carbocycles. The molecule has 2 N–H and O–H groups in total. The van der Waals surface area contributed by atoms with E-state index < -0.39 is 23.8 Å². The Morgan fingerprint density at radius 2 is 1.81 bits per heavy atom. The van der Waals surface area contributed by atoms with E-state index in [0.29, 0.717) is 53.8 Å². The maximum absolute atomic E-state index is 13.8. The van der Waals surface area contributed by atoms with Gasteiger partial charge >= 0.3 is 5.97 Å². The summed E-state index contributed by atoms with van der Waals surface area (Å²) in [6.07, 6.45) is 2.72. The topological polar surface area (TPSA) is 121 Å². The monoisotopic (exact) mass is 599 g/mol. The normalized spacial score (nSPS) is 19.5. The standard InChI is InChI=1S/C32H45N3O8/c1-5-6-13-34(14-9-12-33(2)3)29(37)18-35-17-24(22-15-23(19-36)31-28(16-22)42-21-43-31)30(32(38)39)25(35)20-41-27-11-8-7-10-26(27)40-4/h7-8,10-11,15-16,24-25,30,36H,5-6,9,12-14,17-21H2,1-4H3,(H,38,39)/t24-,25+,30-/m1/s1. The van der Waals surface area contributed by atoms with Gasteiger partial charge in [0.05, 0.1) is 32.2 Å². The number of carboxylic acids is 1. The maximum atomic E-state index is 13.8. The highest BCUT2D eigenvalue weighted by molar-refractivity contribution is 5.79. The summed E-state index contributed by atoms with van der Waals surface area (Å²) in [5.41, 5.74) is 1.25. The molecule has 2 aromatic carbocycles. The van der Waals surface area contributed by atoms with Crippen molar-refractivity contribution in [2.75, 3.05) is 67.3 Å². The van der Waals surface area contributed by atoms with Crippen molar-refractivity contribution in [2.24, 2.45) is 5.92 Å². The van der Waals surface area contributed by atoms with Gasteiger partial charge in [0.2, 0.25) is 12.7 Å². The summed E-state index contributed by atoms with van der Waals surface area (Å²) in [6.45, 7) is 4.48. The molecule has 236 valence electrons. The van der Waals surface area contributed by atoms with E-state index in [0.717, 1.165) is 25.8 Å². The summed E-state index contributed by atoms with van der Waals surface area (Å²) in [4.78, 5) is 32.6. The van der Waals surface area contributed by atoms with E-state index >= 15 is 0 Å². The fourth-order valence-corrected chi connectivity index (χ4v) is 5.95. The molecular weight excluding hydrogens is 554 g/mol. The number of methoxy groups -OCH3 is 1. The number of aliphatic hydroxyl groups excluding tert-OH is 1. The predicted octanol–water partition coefficient (Wildman–Crippen LogP) is 3.04. The zero-order valence-electron chi connectivity index (χ0n) is 25.7. The highest BCUT2D eigenvalue weighted by Gasteiger charge is 2.48. The number of rotatable bonds is 16. The van der Waals surface area contributed by atoms with E-state index in [1.54, 1.807) is 31.4 Å². The van der Waals surface area contributed by atoms with Crippen molar-refractivity contribution in [3.05, 3.63) is 47.5 Å². The van der Waals surface area contributed by atoms with Crippen molar-refractivity contribution in [3.8, 4) is 23.0 Å². The summed E-state index contributed by atoms with van der Waals surface area (Å²) in [5, 5.41) is 20.6. The molecular formula is C32H45N3O8. The second kappa shape index (κ2) is 15.3. The molecule has 0 aromatic heterocycles. The van der Waals surface area contributed by atoms with Gasteiger partial charge in [-0.05, 0) is 63.3 Å². The Morgan fingerprint density at radius 1 is 1.07 bits per heavy atom. The number of fused-ring (bicyclic) bond motifs is 1. The SMILES string of the molecule is CCCCN(CCCN(C)C)C(=O)CN1C[C@H](c2cc(CO)c3c(c2)OCO3)[C@@H](C(=O)O)[C@@H]1COc1ccccc1OC. The van der Waals surface area contributed by atoms with Crippen LogP contribution in [0.4, 0.5) is 0 Å². The molecule has 11 nitrogen and oxygen atoms in total. The van der Waals surface area contributed by atoms with Gasteiger partial charge < -0.3 is 39.0 Å². The predicted molar refractivity (Wildman–Crippen MR) is 161 cm³/mol. The maximum Gasteiger partial charge on any atom is 0.308 e. The molecule has 3 atom stereocenters. The van der Waals surface area contributed by atoms with E-state index in [1.807, 2.05) is 36.0 Å². The number of aliphatic hydroxyl groups is 1. The minimum Gasteiger partial charge on any atom is -0.493 e. The fraction of sp³-hybridized carbons (Fsp3) is 0.562. The summed E-state index contributed by atoms with van der Waals surface area (Å²) in [7, 11) is 5.58. The van der Waals surface area contributed by atoms with Crippen LogP contribution in [0.15, 0.2) is 36.4 Å². The molecule has 0 bridgehead atoms. The Morgan fingerprint density at radius 3 is 2.49 bits per heavy atom. The number of benzene rings is 2. The van der Waals surface area contributed by atoms with Gasteiger partial charge in [0.1, 0.15) is 6.61 Å². The number of hydrogen-bond acceptors (Lipinski definition) is 9. The van der Waals surface area contributed by atoms with E-state index in [2.05, 4.69) is 11.8 Å². The first kappa shape index (κ1) is 32.4. The number of carboxylic acid groups (broad SMARTS) is 1. The first-order chi connectivity index (χ1) is 20.8. The van der Waals surface area contributed by atoms with Gasteiger partial charge in [0.15, 0.2) is 23.0 Å². The number of aliphatic carboxylic acids is 1. The lowest BCUT2D eigenvalue weighted by molar-refractivity contribution is -0.144. The average molecular weight is 600 g/mol. The number of para-hydroxylation sites is 2. The highest BCUT2D eigenvalue weighted by Crippen LogP contribution is 2.44. The molecule has 2 aliphatic heterocycles. The summed E-state index contributed by atoms with van der Waals surface area (Å²) in [5.74, 6) is -0.366. The third kappa shape index (κ3) is 7.90. The number of carbonyl (C=O) groups excluding carboxylic acids is 1. The number of carbonyl (C=O) groups is 2. The van der Waals surface area contributed by atoms with Crippen molar-refractivity contribution in [3.63, 3.8) is 0 Å². The molecule has 2 aromatic rings. The zero-order valence-corrected chi connectivity index (χ0v) is 25.7. The van der Waals surface area contributed by atoms with Crippen LogP contribution in [-0.2, 0) is 16.2 Å². The first-order valence-corrected chi connectivity index (χ1v) is 15.0. The van der Waals surface area contributed by atoms with Crippen LogP contribution in [0.5, 0.6) is 23.0 Å². The molecule has 2 aliphatic rings. The molecule has 0 radical (unpaired) electrons. The lowest BCUT2D eigenvalue weighted by Gasteiger charge is -2.30. The third-order valence-corrected chi connectivity index (χ3v) is 8.19. The molecule has 4 rings (SSSR count). The number of amides is 1. The minimum absolute atomic E-state index is 0.0268. The average Bonchev–Trinajstić information content (AvgIpc) is 3.62. The number of hydrogen-bond donors (Lipinski definition) is 2. The molecule has 43 heavy (non-hydrogen) atoms. The van der Waals surface area contributed by atoms with E-state index in [9.17, 15) is 19.8 Å². The molecule has 0 saturated carbocycles. The van der Waals surface area contributed by atoms with Crippen LogP contribution in [0, 0.1) is 5.92 Å². The number of ether oxygens (including phenoxy) is 4. The largest absolute Gasteiger partial charge is 0.493 e. The lowest BCUT2D eigenvalue weighted by Crippen LogP contribution is -2.47. The van der Waals surface area contributed by atoms with Crippen LogP contribution in [0.2, 0.25) is 0 Å². The second-order valence-electron chi connectivity index (χ2n) is 11.4. The van der Waals surface area contributed by atoms with Gasteiger partial charge in [-0.2, -0.15) is 0 Å². The zero-order chi connectivity index (χ0) is 30.9. The minimum atomic E-state index is -0.981. The molecule has 0 spiro atoms. The molecule has 1 fully saturated rings. The van der Waals surface area contributed by atoms with Gasteiger partial charge in [0, 0.05) is 31.1 Å². The Balaban J connectivity index is 1.64. The van der Waals surface area contributed by atoms with E-state index in [1.165, 1.54) is 0 Å². The van der Waals surface area contributed by atoms with E-state index in [-0.39, 0.29) is 32.5 Å². The van der Waals surface area contributed by atoms with Crippen molar-refractivity contribution >= 4 is 11.9 Å².